The zero-order valence-electron chi connectivity index (χ0n) is 19.7. The molecule has 0 bridgehead atoms. The number of rotatable bonds is 14. The Hall–Kier alpha value is -2.79. The van der Waals surface area contributed by atoms with Gasteiger partial charge in [-0.3, -0.25) is 4.79 Å². The van der Waals surface area contributed by atoms with Crippen LogP contribution in [0.15, 0.2) is 42.5 Å². The van der Waals surface area contributed by atoms with Gasteiger partial charge in [-0.2, -0.15) is 0 Å². The summed E-state index contributed by atoms with van der Waals surface area (Å²) in [5.41, 5.74) is 3.01. The second-order valence-electron chi connectivity index (χ2n) is 9.03. The summed E-state index contributed by atoms with van der Waals surface area (Å²) < 4.78 is 16.1. The van der Waals surface area contributed by atoms with Crippen LogP contribution >= 0.6 is 0 Å². The quantitative estimate of drug-likeness (QED) is 0.230. The van der Waals surface area contributed by atoms with Crippen molar-refractivity contribution < 1.29 is 24.1 Å². The van der Waals surface area contributed by atoms with Gasteiger partial charge in [0.15, 0.2) is 0 Å². The molecule has 5 nitrogen and oxygen atoms in total. The van der Waals surface area contributed by atoms with Crippen LogP contribution in [0.25, 0.3) is 12.2 Å². The molecule has 2 aromatic rings. The number of methoxy groups -OCH3 is 1. The molecular formula is C27H36O5. The molecule has 0 aliphatic carbocycles. The maximum absolute atomic E-state index is 10.4. The summed E-state index contributed by atoms with van der Waals surface area (Å²) >= 11 is 0. The van der Waals surface area contributed by atoms with E-state index in [1.165, 1.54) is 0 Å². The van der Waals surface area contributed by atoms with Crippen LogP contribution in [0, 0.1) is 11.3 Å². The molecule has 2 aromatic carbocycles. The van der Waals surface area contributed by atoms with E-state index < -0.39 is 0 Å². The highest BCUT2D eigenvalue weighted by Crippen LogP contribution is 2.31. The van der Waals surface area contributed by atoms with E-state index in [0.29, 0.717) is 25.6 Å². The van der Waals surface area contributed by atoms with E-state index in [9.17, 15) is 9.90 Å². The summed E-state index contributed by atoms with van der Waals surface area (Å²) in [6.45, 7) is 8.12. The molecule has 0 heterocycles. The van der Waals surface area contributed by atoms with Gasteiger partial charge in [0.1, 0.15) is 11.5 Å². The lowest BCUT2D eigenvalue weighted by molar-refractivity contribution is -0.130. The Bertz CT molecular complexity index is 855. The average Bonchev–Trinajstić information content (AvgIpc) is 2.79. The summed E-state index contributed by atoms with van der Waals surface area (Å²) in [6.07, 6.45) is 6.97. The number of aliphatic hydroxyl groups excluding tert-OH is 1. The van der Waals surface area contributed by atoms with Gasteiger partial charge in [0, 0.05) is 0 Å². The molecule has 1 unspecified atom stereocenters. The fourth-order valence-corrected chi connectivity index (χ4v) is 3.91. The van der Waals surface area contributed by atoms with Crippen molar-refractivity contribution in [2.24, 2.45) is 11.3 Å². The smallest absolute Gasteiger partial charge is 0.293 e. The summed E-state index contributed by atoms with van der Waals surface area (Å²) in [5.74, 6) is 1.92. The summed E-state index contributed by atoms with van der Waals surface area (Å²) in [4.78, 5) is 10.4. The monoisotopic (exact) mass is 440 g/mol. The van der Waals surface area contributed by atoms with Gasteiger partial charge in [0.25, 0.3) is 6.47 Å². The Morgan fingerprint density at radius 2 is 1.75 bits per heavy atom. The predicted octanol–water partition coefficient (Wildman–Crippen LogP) is 5.74. The Kier molecular flexibility index (Phi) is 10.3. The number of carbonyl (C=O) groups excluding carboxylic acids is 1. The minimum Gasteiger partial charge on any atom is -0.497 e. The molecule has 1 atom stereocenters. The van der Waals surface area contributed by atoms with Crippen molar-refractivity contribution in [1.29, 1.82) is 0 Å². The number of benzene rings is 2. The first kappa shape index (κ1) is 25.5. The third kappa shape index (κ3) is 9.15. The van der Waals surface area contributed by atoms with Crippen molar-refractivity contribution in [1.82, 2.24) is 0 Å². The maximum Gasteiger partial charge on any atom is 0.293 e. The number of hydrogen-bond donors (Lipinski definition) is 1. The van der Waals surface area contributed by atoms with Crippen LogP contribution in [0.1, 0.15) is 56.7 Å². The first-order valence-corrected chi connectivity index (χ1v) is 11.1. The lowest BCUT2D eigenvalue weighted by Gasteiger charge is -2.27. The van der Waals surface area contributed by atoms with Crippen LogP contribution in [0.3, 0.4) is 0 Å². The van der Waals surface area contributed by atoms with Crippen LogP contribution in [-0.4, -0.2) is 31.9 Å². The molecule has 2 rings (SSSR count). The second-order valence-corrected chi connectivity index (χ2v) is 9.03. The predicted molar refractivity (Wildman–Crippen MR) is 129 cm³/mol. The van der Waals surface area contributed by atoms with Crippen molar-refractivity contribution in [3.05, 3.63) is 59.2 Å². The molecule has 174 valence electrons. The topological polar surface area (TPSA) is 65.0 Å². The molecule has 0 amide bonds. The molecule has 0 saturated heterocycles. The maximum atomic E-state index is 10.4. The van der Waals surface area contributed by atoms with Crippen molar-refractivity contribution in [3.63, 3.8) is 0 Å². The number of aliphatic hydroxyl groups is 1. The van der Waals surface area contributed by atoms with Gasteiger partial charge >= 0.3 is 0 Å². The first-order valence-electron chi connectivity index (χ1n) is 11.1. The molecule has 0 aromatic heterocycles. The standard InChI is InChI=1S/C27H36O5/c1-21(19-31-20-29)17-27(2,3)12-5-13-32-26-15-23(14-24(16-26)18-28)7-6-22-8-10-25(30-4)11-9-22/h6-11,14-16,20-21,28H,5,12-13,17-19H2,1-4H3/b7-6+. The molecule has 0 radical (unpaired) electrons. The Labute approximate surface area is 192 Å². The molecule has 0 fully saturated rings. The van der Waals surface area contributed by atoms with Crippen LogP contribution in [-0.2, 0) is 16.1 Å². The normalized spacial score (nSPS) is 12.5. The zero-order valence-corrected chi connectivity index (χ0v) is 19.7. The van der Waals surface area contributed by atoms with E-state index in [0.717, 1.165) is 47.5 Å². The third-order valence-corrected chi connectivity index (χ3v) is 5.37. The van der Waals surface area contributed by atoms with Crippen LogP contribution in [0.2, 0.25) is 0 Å². The van der Waals surface area contributed by atoms with Crippen molar-refractivity contribution in [3.8, 4) is 11.5 Å². The highest BCUT2D eigenvalue weighted by atomic mass is 16.5. The van der Waals surface area contributed by atoms with Gasteiger partial charge in [-0.1, -0.05) is 45.1 Å². The van der Waals surface area contributed by atoms with E-state index >= 15 is 0 Å². The molecule has 5 heteroatoms. The Morgan fingerprint density at radius 1 is 1.03 bits per heavy atom. The van der Waals surface area contributed by atoms with Gasteiger partial charge in [0.05, 0.1) is 26.9 Å². The van der Waals surface area contributed by atoms with Gasteiger partial charge in [0.2, 0.25) is 0 Å². The number of carbonyl (C=O) groups is 1. The fraction of sp³-hybridized carbons (Fsp3) is 0.444. The molecular weight excluding hydrogens is 404 g/mol. The molecule has 0 aliphatic rings. The first-order chi connectivity index (χ1) is 15.3. The minimum absolute atomic E-state index is 0.0334. The van der Waals surface area contributed by atoms with Gasteiger partial charge in [-0.05, 0) is 77.6 Å². The van der Waals surface area contributed by atoms with E-state index in [1.807, 2.05) is 54.6 Å². The Morgan fingerprint density at radius 3 is 2.41 bits per heavy atom. The minimum atomic E-state index is -0.0334. The summed E-state index contributed by atoms with van der Waals surface area (Å²) in [6, 6.07) is 13.7. The van der Waals surface area contributed by atoms with Crippen LogP contribution < -0.4 is 9.47 Å². The van der Waals surface area contributed by atoms with Crippen molar-refractivity contribution >= 4 is 18.6 Å². The SMILES string of the molecule is COc1ccc(/C=C/c2cc(CO)cc(OCCCC(C)(C)CC(C)COC=O)c2)cc1. The van der Waals surface area contributed by atoms with E-state index in [2.05, 4.69) is 20.8 Å². The second kappa shape index (κ2) is 12.9. The Balaban J connectivity index is 1.91. The molecule has 0 aliphatic heterocycles. The fourth-order valence-electron chi connectivity index (χ4n) is 3.91. The summed E-state index contributed by atoms with van der Waals surface area (Å²) in [5, 5.41) is 9.63. The van der Waals surface area contributed by atoms with E-state index in [-0.39, 0.29) is 12.0 Å². The lowest BCUT2D eigenvalue weighted by atomic mass is 9.80. The number of hydrogen-bond acceptors (Lipinski definition) is 5. The van der Waals surface area contributed by atoms with Gasteiger partial charge in [-0.25, -0.2) is 0 Å². The van der Waals surface area contributed by atoms with Crippen LogP contribution in [0.5, 0.6) is 11.5 Å². The van der Waals surface area contributed by atoms with E-state index in [1.54, 1.807) is 7.11 Å². The highest BCUT2D eigenvalue weighted by molar-refractivity contribution is 5.70. The molecule has 1 N–H and O–H groups in total. The van der Waals surface area contributed by atoms with Gasteiger partial charge < -0.3 is 19.3 Å². The summed E-state index contributed by atoms with van der Waals surface area (Å²) in [7, 11) is 1.65. The molecule has 0 saturated carbocycles. The van der Waals surface area contributed by atoms with Crippen molar-refractivity contribution in [2.75, 3.05) is 20.3 Å². The van der Waals surface area contributed by atoms with Crippen molar-refractivity contribution in [2.45, 2.75) is 46.6 Å². The van der Waals surface area contributed by atoms with E-state index in [4.69, 9.17) is 14.2 Å². The average molecular weight is 441 g/mol. The van der Waals surface area contributed by atoms with Crippen LogP contribution in [0.4, 0.5) is 0 Å². The third-order valence-electron chi connectivity index (χ3n) is 5.37. The number of ether oxygens (including phenoxy) is 3. The molecule has 32 heavy (non-hydrogen) atoms. The molecule has 0 spiro atoms. The lowest BCUT2D eigenvalue weighted by Crippen LogP contribution is -2.19. The largest absolute Gasteiger partial charge is 0.497 e. The van der Waals surface area contributed by atoms with Gasteiger partial charge in [-0.15, -0.1) is 0 Å². The zero-order chi connectivity index (χ0) is 23.4. The highest BCUT2D eigenvalue weighted by Gasteiger charge is 2.21.